The van der Waals surface area contributed by atoms with Crippen LogP contribution in [0, 0.1) is 0 Å². The smallest absolute Gasteiger partial charge is 0.387 e. The number of halogens is 2. The van der Waals surface area contributed by atoms with Gasteiger partial charge in [0.15, 0.2) is 11.5 Å². The summed E-state index contributed by atoms with van der Waals surface area (Å²) in [6.07, 6.45) is 3.04. The molecule has 0 N–H and O–H groups in total. The molecule has 7 nitrogen and oxygen atoms in total. The molecule has 0 aliphatic carbocycles. The fraction of sp³-hybridized carbons (Fsp3) is 0.235. The molecule has 0 saturated carbocycles. The van der Waals surface area contributed by atoms with E-state index in [0.717, 1.165) is 0 Å². The second kappa shape index (κ2) is 7.34. The lowest BCUT2D eigenvalue weighted by molar-refractivity contribution is -0.0512. The number of hydrogen-bond acceptors (Lipinski definition) is 5. The van der Waals surface area contributed by atoms with Crippen LogP contribution in [-0.2, 0) is 6.54 Å². The Balaban J connectivity index is 1.79. The molecule has 0 bridgehead atoms. The second-order valence-corrected chi connectivity index (χ2v) is 5.48. The van der Waals surface area contributed by atoms with Gasteiger partial charge in [-0.15, -0.1) is 0 Å². The molecule has 0 unspecified atom stereocenters. The van der Waals surface area contributed by atoms with Crippen LogP contribution in [-0.4, -0.2) is 46.4 Å². The number of rotatable bonds is 6. The number of ether oxygens (including phenoxy) is 2. The third-order valence-electron chi connectivity index (χ3n) is 3.74. The fourth-order valence-electron chi connectivity index (χ4n) is 2.55. The van der Waals surface area contributed by atoms with Crippen LogP contribution in [0.2, 0.25) is 0 Å². The number of aromatic nitrogens is 3. The summed E-state index contributed by atoms with van der Waals surface area (Å²) >= 11 is 0. The van der Waals surface area contributed by atoms with Crippen LogP contribution in [0.4, 0.5) is 8.78 Å². The SMILES string of the molecule is COc1cc(CN(C)C(=O)c2cnn3ncccc23)ccc1OC(F)F. The van der Waals surface area contributed by atoms with Crippen LogP contribution in [0.15, 0.2) is 42.7 Å². The molecule has 0 spiro atoms. The zero-order valence-electron chi connectivity index (χ0n) is 14.1. The quantitative estimate of drug-likeness (QED) is 0.674. The zero-order chi connectivity index (χ0) is 18.7. The van der Waals surface area contributed by atoms with Crippen molar-refractivity contribution in [2.24, 2.45) is 0 Å². The summed E-state index contributed by atoms with van der Waals surface area (Å²) < 4.78 is 35.6. The van der Waals surface area contributed by atoms with Crippen LogP contribution in [0.1, 0.15) is 15.9 Å². The molecule has 0 radical (unpaired) electrons. The van der Waals surface area contributed by atoms with Crippen molar-refractivity contribution in [2.45, 2.75) is 13.2 Å². The maximum atomic E-state index is 12.7. The Hall–Kier alpha value is -3.23. The number of methoxy groups -OCH3 is 1. The van der Waals surface area contributed by atoms with Gasteiger partial charge in [0.1, 0.15) is 5.52 Å². The van der Waals surface area contributed by atoms with Crippen LogP contribution in [0.25, 0.3) is 5.52 Å². The highest BCUT2D eigenvalue weighted by Gasteiger charge is 2.18. The number of benzene rings is 1. The standard InChI is InChI=1S/C17H16F2N4O3/c1-22(16(24)12-9-21-23-13(12)4-3-7-20-23)10-11-5-6-14(26-17(18)19)15(8-11)25-2/h3-9,17H,10H2,1-2H3. The molecule has 3 aromatic rings. The van der Waals surface area contributed by atoms with E-state index < -0.39 is 6.61 Å². The molecule has 0 atom stereocenters. The third kappa shape index (κ3) is 3.56. The highest BCUT2D eigenvalue weighted by molar-refractivity contribution is 6.00. The molecule has 0 fully saturated rings. The molecule has 136 valence electrons. The van der Waals surface area contributed by atoms with Gasteiger partial charge < -0.3 is 14.4 Å². The van der Waals surface area contributed by atoms with E-state index in [9.17, 15) is 13.6 Å². The summed E-state index contributed by atoms with van der Waals surface area (Å²) in [5.74, 6) is -0.127. The molecule has 1 aromatic carbocycles. The predicted molar refractivity (Wildman–Crippen MR) is 88.4 cm³/mol. The Morgan fingerprint density at radius 3 is 2.81 bits per heavy atom. The first-order valence-corrected chi connectivity index (χ1v) is 7.66. The number of carbonyl (C=O) groups excluding carboxylic acids is 1. The number of fused-ring (bicyclic) bond motifs is 1. The molecule has 0 saturated heterocycles. The van der Waals surface area contributed by atoms with Crippen LogP contribution in [0.5, 0.6) is 11.5 Å². The monoisotopic (exact) mass is 362 g/mol. The summed E-state index contributed by atoms with van der Waals surface area (Å²) in [5.41, 5.74) is 1.72. The first-order valence-electron chi connectivity index (χ1n) is 7.66. The van der Waals surface area contributed by atoms with E-state index >= 15 is 0 Å². The molecule has 1 amide bonds. The number of carbonyl (C=O) groups is 1. The topological polar surface area (TPSA) is 69.0 Å². The van der Waals surface area contributed by atoms with Crippen molar-refractivity contribution in [3.05, 3.63) is 53.9 Å². The predicted octanol–water partition coefficient (Wildman–Crippen LogP) is 2.61. The van der Waals surface area contributed by atoms with Crippen LogP contribution >= 0.6 is 0 Å². The zero-order valence-corrected chi connectivity index (χ0v) is 14.1. The number of hydrogen-bond donors (Lipinski definition) is 0. The van der Waals surface area contributed by atoms with Crippen molar-refractivity contribution in [1.82, 2.24) is 19.7 Å². The van der Waals surface area contributed by atoms with Gasteiger partial charge in [-0.05, 0) is 29.8 Å². The van der Waals surface area contributed by atoms with Crippen molar-refractivity contribution in [2.75, 3.05) is 14.2 Å². The van der Waals surface area contributed by atoms with Crippen LogP contribution < -0.4 is 9.47 Å². The van der Waals surface area contributed by atoms with Gasteiger partial charge in [0.25, 0.3) is 5.91 Å². The van der Waals surface area contributed by atoms with E-state index in [-0.39, 0.29) is 24.0 Å². The van der Waals surface area contributed by atoms with Gasteiger partial charge in [0, 0.05) is 19.8 Å². The summed E-state index contributed by atoms with van der Waals surface area (Å²) in [5, 5.41) is 8.07. The molecule has 2 aromatic heterocycles. The van der Waals surface area contributed by atoms with E-state index in [1.807, 2.05) is 0 Å². The van der Waals surface area contributed by atoms with Crippen molar-refractivity contribution in [3.63, 3.8) is 0 Å². The minimum atomic E-state index is -2.94. The van der Waals surface area contributed by atoms with Crippen molar-refractivity contribution < 1.29 is 23.0 Å². The van der Waals surface area contributed by atoms with Gasteiger partial charge in [-0.2, -0.15) is 23.6 Å². The molecule has 0 aliphatic rings. The molecule has 9 heteroatoms. The lowest BCUT2D eigenvalue weighted by atomic mass is 10.1. The van der Waals surface area contributed by atoms with Gasteiger partial charge in [0.2, 0.25) is 0 Å². The van der Waals surface area contributed by atoms with Crippen molar-refractivity contribution in [1.29, 1.82) is 0 Å². The number of alkyl halides is 2. The van der Waals surface area contributed by atoms with Gasteiger partial charge in [-0.25, -0.2) is 0 Å². The van der Waals surface area contributed by atoms with E-state index in [1.54, 1.807) is 37.5 Å². The fourth-order valence-corrected chi connectivity index (χ4v) is 2.55. The summed E-state index contributed by atoms with van der Waals surface area (Å²) in [6.45, 7) is -2.69. The van der Waals surface area contributed by atoms with Gasteiger partial charge >= 0.3 is 6.61 Å². The highest BCUT2D eigenvalue weighted by atomic mass is 19.3. The molecule has 26 heavy (non-hydrogen) atoms. The van der Waals surface area contributed by atoms with E-state index in [4.69, 9.17) is 4.74 Å². The third-order valence-corrected chi connectivity index (χ3v) is 3.74. The van der Waals surface area contributed by atoms with Crippen molar-refractivity contribution in [3.8, 4) is 11.5 Å². The normalized spacial score (nSPS) is 11.0. The number of amides is 1. The second-order valence-electron chi connectivity index (χ2n) is 5.48. The number of nitrogens with zero attached hydrogens (tertiary/aromatic N) is 4. The lowest BCUT2D eigenvalue weighted by Crippen LogP contribution is -2.26. The molecular formula is C17H16F2N4O3. The minimum Gasteiger partial charge on any atom is -0.493 e. The Morgan fingerprint density at radius 2 is 2.08 bits per heavy atom. The average molecular weight is 362 g/mol. The Morgan fingerprint density at radius 1 is 1.27 bits per heavy atom. The average Bonchev–Trinajstić information content (AvgIpc) is 3.06. The highest BCUT2D eigenvalue weighted by Crippen LogP contribution is 2.30. The summed E-state index contributed by atoms with van der Waals surface area (Å²) in [7, 11) is 3.00. The summed E-state index contributed by atoms with van der Waals surface area (Å²) in [6, 6.07) is 8.01. The first-order chi connectivity index (χ1) is 12.5. The van der Waals surface area contributed by atoms with E-state index in [0.29, 0.717) is 16.6 Å². The Labute approximate surface area is 147 Å². The maximum absolute atomic E-state index is 12.7. The first kappa shape index (κ1) is 17.6. The van der Waals surface area contributed by atoms with Crippen LogP contribution in [0.3, 0.4) is 0 Å². The van der Waals surface area contributed by atoms with Gasteiger partial charge in [0.05, 0.1) is 18.9 Å². The maximum Gasteiger partial charge on any atom is 0.387 e. The minimum absolute atomic E-state index is 0.0612. The lowest BCUT2D eigenvalue weighted by Gasteiger charge is -2.18. The van der Waals surface area contributed by atoms with Crippen molar-refractivity contribution >= 4 is 11.4 Å². The molecule has 2 heterocycles. The Bertz CT molecular complexity index is 929. The largest absolute Gasteiger partial charge is 0.493 e. The van der Waals surface area contributed by atoms with Gasteiger partial charge in [-0.3, -0.25) is 4.79 Å². The van der Waals surface area contributed by atoms with E-state index in [2.05, 4.69) is 14.9 Å². The molecular weight excluding hydrogens is 346 g/mol. The van der Waals surface area contributed by atoms with E-state index in [1.165, 1.54) is 28.9 Å². The molecule has 0 aliphatic heterocycles. The molecule has 3 rings (SSSR count). The Kier molecular flexibility index (Phi) is 4.97. The van der Waals surface area contributed by atoms with Gasteiger partial charge in [-0.1, -0.05) is 6.07 Å². The summed E-state index contributed by atoms with van der Waals surface area (Å²) in [4.78, 5) is 14.2.